The van der Waals surface area contributed by atoms with E-state index in [2.05, 4.69) is 0 Å². The maximum atomic E-state index is 13.7. The maximum absolute atomic E-state index is 13.7. The first kappa shape index (κ1) is 18.4. The Morgan fingerprint density at radius 3 is 2.28 bits per heavy atom. The fourth-order valence-electron chi connectivity index (χ4n) is 2.33. The van der Waals surface area contributed by atoms with Gasteiger partial charge in [-0.25, -0.2) is 9.18 Å². The molecule has 1 N–H and O–H groups in total. The fourth-order valence-corrected chi connectivity index (χ4v) is 2.33. The molecule has 5 nitrogen and oxygen atoms in total. The molecule has 0 aliphatic heterocycles. The minimum absolute atomic E-state index is 0.0500. The van der Waals surface area contributed by atoms with Gasteiger partial charge in [0.05, 0.1) is 0 Å². The van der Waals surface area contributed by atoms with Crippen molar-refractivity contribution in [2.75, 3.05) is 0 Å². The molecule has 2 aromatic carbocycles. The van der Waals surface area contributed by atoms with Gasteiger partial charge in [0.1, 0.15) is 6.04 Å². The number of benzene rings is 2. The van der Waals surface area contributed by atoms with Crippen molar-refractivity contribution in [3.63, 3.8) is 0 Å². The Kier molecular flexibility index (Phi) is 6.11. The average Bonchev–Trinajstić information content (AvgIpc) is 2.61. The van der Waals surface area contributed by atoms with Gasteiger partial charge in [0, 0.05) is 6.54 Å². The summed E-state index contributed by atoms with van der Waals surface area (Å²) < 4.78 is 19.1. The van der Waals surface area contributed by atoms with E-state index >= 15 is 0 Å². The van der Waals surface area contributed by atoms with Crippen molar-refractivity contribution in [3.8, 4) is 5.75 Å². The Bertz CT molecular complexity index is 735. The molecular formula is C19H20FNO4. The highest BCUT2D eigenvalue weighted by Crippen LogP contribution is 2.19. The first-order chi connectivity index (χ1) is 11.9. The number of carboxylic acid groups (broad SMARTS) is 1. The lowest BCUT2D eigenvalue weighted by atomic mass is 10.1. The number of para-hydroxylation sites is 1. The number of aliphatic carboxylic acids is 1. The van der Waals surface area contributed by atoms with E-state index in [0.717, 1.165) is 5.56 Å². The van der Waals surface area contributed by atoms with Gasteiger partial charge in [0.25, 0.3) is 5.91 Å². The van der Waals surface area contributed by atoms with E-state index in [1.54, 1.807) is 18.2 Å². The summed E-state index contributed by atoms with van der Waals surface area (Å²) in [6, 6.07) is 13.8. The molecular weight excluding hydrogens is 325 g/mol. The van der Waals surface area contributed by atoms with Crippen LogP contribution in [0.3, 0.4) is 0 Å². The SMILES string of the molecule is CC(Oc1ccccc1F)C(=O)N(Cc1ccccc1)C(C)C(=O)O. The molecule has 25 heavy (non-hydrogen) atoms. The number of carbonyl (C=O) groups is 2. The van der Waals surface area contributed by atoms with Crippen LogP contribution in [-0.4, -0.2) is 34.0 Å². The maximum Gasteiger partial charge on any atom is 0.326 e. The third kappa shape index (κ3) is 4.79. The zero-order valence-electron chi connectivity index (χ0n) is 14.1. The van der Waals surface area contributed by atoms with Crippen molar-refractivity contribution >= 4 is 11.9 Å². The van der Waals surface area contributed by atoms with E-state index in [-0.39, 0.29) is 12.3 Å². The molecule has 0 radical (unpaired) electrons. The summed E-state index contributed by atoms with van der Waals surface area (Å²) in [7, 11) is 0. The lowest BCUT2D eigenvalue weighted by Crippen LogP contribution is -2.48. The number of amides is 1. The number of hydrogen-bond acceptors (Lipinski definition) is 3. The second-order valence-electron chi connectivity index (χ2n) is 5.66. The molecule has 2 rings (SSSR count). The van der Waals surface area contributed by atoms with Crippen molar-refractivity contribution in [2.24, 2.45) is 0 Å². The predicted octanol–water partition coefficient (Wildman–Crippen LogP) is 3.09. The van der Waals surface area contributed by atoms with Gasteiger partial charge < -0.3 is 14.7 Å². The lowest BCUT2D eigenvalue weighted by Gasteiger charge is -2.29. The number of hydrogen-bond donors (Lipinski definition) is 1. The van der Waals surface area contributed by atoms with Gasteiger partial charge in [-0.05, 0) is 31.5 Å². The van der Waals surface area contributed by atoms with Crippen LogP contribution in [0.1, 0.15) is 19.4 Å². The Morgan fingerprint density at radius 1 is 1.08 bits per heavy atom. The van der Waals surface area contributed by atoms with Crippen molar-refractivity contribution in [1.29, 1.82) is 0 Å². The van der Waals surface area contributed by atoms with Gasteiger partial charge in [-0.15, -0.1) is 0 Å². The summed E-state index contributed by atoms with van der Waals surface area (Å²) in [6.45, 7) is 3.03. The van der Waals surface area contributed by atoms with Gasteiger partial charge in [-0.1, -0.05) is 42.5 Å². The van der Waals surface area contributed by atoms with Gasteiger partial charge >= 0.3 is 5.97 Å². The van der Waals surface area contributed by atoms with Gasteiger partial charge in [0.2, 0.25) is 0 Å². The molecule has 0 saturated carbocycles. The molecule has 0 spiro atoms. The molecule has 0 aromatic heterocycles. The number of carbonyl (C=O) groups excluding carboxylic acids is 1. The molecule has 2 aromatic rings. The van der Waals surface area contributed by atoms with Crippen LogP contribution in [0.2, 0.25) is 0 Å². The summed E-state index contributed by atoms with van der Waals surface area (Å²) >= 11 is 0. The highest BCUT2D eigenvalue weighted by molar-refractivity contribution is 5.86. The Hall–Kier alpha value is -2.89. The normalized spacial score (nSPS) is 12.9. The molecule has 0 aliphatic carbocycles. The van der Waals surface area contributed by atoms with Crippen LogP contribution in [0.5, 0.6) is 5.75 Å². The molecule has 1 amide bonds. The van der Waals surface area contributed by atoms with Gasteiger partial charge in [-0.2, -0.15) is 0 Å². The molecule has 2 unspecified atom stereocenters. The van der Waals surface area contributed by atoms with E-state index < -0.39 is 29.8 Å². The number of ether oxygens (including phenoxy) is 1. The quantitative estimate of drug-likeness (QED) is 0.837. The molecule has 0 aliphatic rings. The van der Waals surface area contributed by atoms with Crippen LogP contribution in [0.4, 0.5) is 4.39 Å². The molecule has 2 atom stereocenters. The highest BCUT2D eigenvalue weighted by atomic mass is 19.1. The Balaban J connectivity index is 2.19. The van der Waals surface area contributed by atoms with Crippen LogP contribution >= 0.6 is 0 Å². The molecule has 0 saturated heterocycles. The van der Waals surface area contributed by atoms with E-state index in [1.807, 2.05) is 18.2 Å². The van der Waals surface area contributed by atoms with Gasteiger partial charge in [-0.3, -0.25) is 4.79 Å². The van der Waals surface area contributed by atoms with Crippen LogP contribution in [0, 0.1) is 5.82 Å². The number of rotatable bonds is 7. The van der Waals surface area contributed by atoms with Crippen LogP contribution < -0.4 is 4.74 Å². The lowest BCUT2D eigenvalue weighted by molar-refractivity contribution is -0.153. The van der Waals surface area contributed by atoms with Crippen molar-refractivity contribution in [1.82, 2.24) is 4.90 Å². The molecule has 0 bridgehead atoms. The monoisotopic (exact) mass is 345 g/mol. The minimum Gasteiger partial charge on any atom is -0.480 e. The third-order valence-corrected chi connectivity index (χ3v) is 3.79. The standard InChI is InChI=1S/C19H20FNO4/c1-13(19(23)24)21(12-15-8-4-3-5-9-15)18(22)14(2)25-17-11-7-6-10-16(17)20/h3-11,13-14H,12H2,1-2H3,(H,23,24). The number of carboxylic acids is 1. The second-order valence-corrected chi connectivity index (χ2v) is 5.66. The van der Waals surface area contributed by atoms with E-state index in [9.17, 15) is 19.1 Å². The van der Waals surface area contributed by atoms with Crippen LogP contribution in [0.25, 0.3) is 0 Å². The third-order valence-electron chi connectivity index (χ3n) is 3.79. The summed E-state index contributed by atoms with van der Waals surface area (Å²) in [5, 5.41) is 9.30. The molecule has 6 heteroatoms. The number of halogens is 1. The predicted molar refractivity (Wildman–Crippen MR) is 90.6 cm³/mol. The van der Waals surface area contributed by atoms with Crippen molar-refractivity contribution in [2.45, 2.75) is 32.5 Å². The minimum atomic E-state index is -1.12. The van der Waals surface area contributed by atoms with Gasteiger partial charge in [0.15, 0.2) is 17.7 Å². The largest absolute Gasteiger partial charge is 0.480 e. The Morgan fingerprint density at radius 2 is 1.68 bits per heavy atom. The smallest absolute Gasteiger partial charge is 0.326 e. The first-order valence-electron chi connectivity index (χ1n) is 7.88. The van der Waals surface area contributed by atoms with E-state index in [1.165, 1.54) is 36.9 Å². The molecule has 132 valence electrons. The van der Waals surface area contributed by atoms with E-state index in [4.69, 9.17) is 4.74 Å². The molecule has 0 heterocycles. The van der Waals surface area contributed by atoms with E-state index in [0.29, 0.717) is 0 Å². The summed E-state index contributed by atoms with van der Waals surface area (Å²) in [5.41, 5.74) is 0.794. The topological polar surface area (TPSA) is 66.8 Å². The highest BCUT2D eigenvalue weighted by Gasteiger charge is 2.30. The average molecular weight is 345 g/mol. The Labute approximate surface area is 145 Å². The first-order valence-corrected chi connectivity index (χ1v) is 7.88. The van der Waals surface area contributed by atoms with Crippen LogP contribution in [0.15, 0.2) is 54.6 Å². The summed E-state index contributed by atoms with van der Waals surface area (Å²) in [5.74, 6) is -2.28. The summed E-state index contributed by atoms with van der Waals surface area (Å²) in [6.07, 6.45) is -1.03. The summed E-state index contributed by atoms with van der Waals surface area (Å²) in [4.78, 5) is 25.3. The zero-order valence-corrected chi connectivity index (χ0v) is 14.1. The van der Waals surface area contributed by atoms with Crippen LogP contribution in [-0.2, 0) is 16.1 Å². The van der Waals surface area contributed by atoms with Crippen molar-refractivity contribution < 1.29 is 23.8 Å². The molecule has 0 fully saturated rings. The zero-order chi connectivity index (χ0) is 18.4. The van der Waals surface area contributed by atoms with Crippen molar-refractivity contribution in [3.05, 3.63) is 66.0 Å². The number of nitrogens with zero attached hydrogens (tertiary/aromatic N) is 1. The fraction of sp³-hybridized carbons (Fsp3) is 0.263. The second kappa shape index (κ2) is 8.28.